The second kappa shape index (κ2) is 28.0. The van der Waals surface area contributed by atoms with Crippen LogP contribution in [0.3, 0.4) is 0 Å². The quantitative estimate of drug-likeness (QED) is 0.0850. The number of aromatic nitrogens is 4. The lowest BCUT2D eigenvalue weighted by atomic mass is 10.2. The molecule has 12 rings (SSSR count). The van der Waals surface area contributed by atoms with Crippen LogP contribution in [0.4, 0.5) is 0 Å². The van der Waals surface area contributed by atoms with Crippen LogP contribution in [-0.2, 0) is 0 Å². The number of carbonyl (C=O) groups is 8. The van der Waals surface area contributed by atoms with Crippen molar-refractivity contribution in [2.24, 2.45) is 0 Å². The van der Waals surface area contributed by atoms with Gasteiger partial charge in [-0.1, -0.05) is 0 Å². The van der Waals surface area contributed by atoms with Crippen molar-refractivity contribution in [3.8, 4) is 0 Å². The van der Waals surface area contributed by atoms with Crippen LogP contribution in [0, 0.1) is 0 Å². The maximum Gasteiger partial charge on any atom is 0.296 e. The van der Waals surface area contributed by atoms with Crippen molar-refractivity contribution in [3.05, 3.63) is 135 Å². The zero-order chi connectivity index (χ0) is 59.1. The van der Waals surface area contributed by atoms with E-state index in [9.17, 15) is 78.4 Å². The van der Waals surface area contributed by atoms with Crippen LogP contribution >= 0.6 is 0 Å². The summed E-state index contributed by atoms with van der Waals surface area (Å²) in [6.07, 6.45) is 0. The molecule has 4 aromatic heterocycles. The standard InChI is InChI=1S/C49H64N16O16/c1-29-28-61(25-18-56-44(72)36-10-6-32(48(76)64(36)80)40(68)52-14-21-59(3)22-15-53-41(69)33-7-11-37(45(73)57-29)65(81)49(33)77)27-26-60-23-16-54-42(70)34-8-4-30(46(74)62(34)78)38(66)50-12-19-58(2)20-13-51-39(67)31-5-9-35(63(79)47(31)75)43(71)55-17-24-60/h4-11,29,78-81H,12-28H2,1-3H3,(H,50,66)(H,51,67)(H,52,68)(H,53,69)(H,54,70)(H,55,71)(H,56,72)(H,57,73). The molecule has 0 radical (unpaired) electrons. The van der Waals surface area contributed by atoms with Gasteiger partial charge in [-0.3, -0.25) is 67.3 Å². The highest BCUT2D eigenvalue weighted by Gasteiger charge is 2.25. The molecule has 12 N–H and O–H groups in total. The molecule has 12 heterocycles. The fourth-order valence-electron chi connectivity index (χ4n) is 8.43. The Bertz CT molecular complexity index is 3200. The van der Waals surface area contributed by atoms with Gasteiger partial charge in [0.2, 0.25) is 0 Å². The largest absolute Gasteiger partial charge is 0.425 e. The van der Waals surface area contributed by atoms with Crippen molar-refractivity contribution in [2.45, 2.75) is 13.0 Å². The Balaban J connectivity index is 1.25. The van der Waals surface area contributed by atoms with Gasteiger partial charge in [0, 0.05) is 117 Å². The Labute approximate surface area is 459 Å². The number of carbonyl (C=O) groups excluding carboxylic acids is 8. The number of amides is 8. The molecule has 0 aromatic carbocycles. The minimum absolute atomic E-state index is 0.00126. The topological polar surface area (TPSA) is 415 Å². The summed E-state index contributed by atoms with van der Waals surface area (Å²) in [5.74, 6) is -7.04. The van der Waals surface area contributed by atoms with Gasteiger partial charge >= 0.3 is 0 Å². The van der Waals surface area contributed by atoms with E-state index in [1.54, 1.807) is 40.6 Å². The minimum atomic E-state index is -1.18. The maximum absolute atomic E-state index is 13.6. The van der Waals surface area contributed by atoms with Crippen LogP contribution in [0.2, 0.25) is 0 Å². The average Bonchev–Trinajstić information content (AvgIpc) is 3.62. The zero-order valence-corrected chi connectivity index (χ0v) is 44.5. The van der Waals surface area contributed by atoms with Crippen molar-refractivity contribution < 1.29 is 59.2 Å². The van der Waals surface area contributed by atoms with Crippen LogP contribution in [-0.4, -0.2) is 238 Å². The number of hydrogen-bond acceptors (Lipinski definition) is 20. The molecule has 8 bridgehead atoms. The number of nitrogens with zero attached hydrogens (tertiary/aromatic N) is 8. The molecule has 0 fully saturated rings. The molecule has 81 heavy (non-hydrogen) atoms. The van der Waals surface area contributed by atoms with Gasteiger partial charge < -0.3 is 73.2 Å². The Kier molecular flexibility index (Phi) is 21.0. The van der Waals surface area contributed by atoms with E-state index in [0.29, 0.717) is 0 Å². The first-order chi connectivity index (χ1) is 38.6. The SMILES string of the molecule is CC1CN(CCN2CCNC(=O)c3ccc(c(=O)n3O)C(=O)NCCN(C)CCNC(=O)c3ccc(n(O)c3=O)C(=O)NCC2)CCNC(=O)c2ccc(c(=O)n2O)C(=O)NCCN(C)CCNC(=O)c2ccc(n(O)c2=O)C(=O)N1. The lowest BCUT2D eigenvalue weighted by Crippen LogP contribution is -2.49. The van der Waals surface area contributed by atoms with E-state index in [1.807, 2.05) is 0 Å². The highest BCUT2D eigenvalue weighted by Crippen LogP contribution is 2.06. The first-order valence-corrected chi connectivity index (χ1v) is 25.5. The third-order valence-corrected chi connectivity index (χ3v) is 13.0. The molecule has 0 saturated heterocycles. The number of rotatable bonds is 3. The van der Waals surface area contributed by atoms with Gasteiger partial charge in [-0.2, -0.15) is 0 Å². The van der Waals surface area contributed by atoms with Crippen LogP contribution in [0.25, 0.3) is 0 Å². The Morgan fingerprint density at radius 1 is 0.358 bits per heavy atom. The van der Waals surface area contributed by atoms with E-state index in [-0.39, 0.29) is 130 Å². The minimum Gasteiger partial charge on any atom is -0.425 e. The molecule has 4 aromatic rings. The molecule has 32 nitrogen and oxygen atoms in total. The lowest BCUT2D eigenvalue weighted by molar-refractivity contribution is 0.0842. The van der Waals surface area contributed by atoms with Crippen molar-refractivity contribution in [2.75, 3.05) is 125 Å². The molecule has 32 heteroatoms. The lowest BCUT2D eigenvalue weighted by Gasteiger charge is -2.30. The number of pyridine rings is 4. The third kappa shape index (κ3) is 15.7. The molecule has 1 unspecified atom stereocenters. The van der Waals surface area contributed by atoms with Crippen LogP contribution in [0.15, 0.2) is 67.7 Å². The van der Waals surface area contributed by atoms with Gasteiger partial charge in [0.15, 0.2) is 0 Å². The second-order valence-electron chi connectivity index (χ2n) is 18.9. The fourth-order valence-corrected chi connectivity index (χ4v) is 8.43. The predicted molar refractivity (Wildman–Crippen MR) is 283 cm³/mol. The summed E-state index contributed by atoms with van der Waals surface area (Å²) in [5.41, 5.74) is -8.66. The summed E-state index contributed by atoms with van der Waals surface area (Å²) in [6, 6.07) is 7.81. The van der Waals surface area contributed by atoms with Crippen LogP contribution in [0.5, 0.6) is 0 Å². The highest BCUT2D eigenvalue weighted by molar-refractivity contribution is 5.99. The number of nitrogens with one attached hydrogen (secondary N) is 8. The van der Waals surface area contributed by atoms with E-state index in [0.717, 1.165) is 48.5 Å². The Morgan fingerprint density at radius 3 is 0.914 bits per heavy atom. The van der Waals surface area contributed by atoms with Gasteiger partial charge in [-0.05, 0) is 69.6 Å². The summed E-state index contributed by atoms with van der Waals surface area (Å²) < 4.78 is 0.131. The van der Waals surface area contributed by atoms with Crippen molar-refractivity contribution >= 4 is 47.3 Å². The summed E-state index contributed by atoms with van der Waals surface area (Å²) in [7, 11) is 3.34. The monoisotopic (exact) mass is 1130 g/mol. The average molecular weight is 1130 g/mol. The van der Waals surface area contributed by atoms with Gasteiger partial charge in [-0.15, -0.1) is 18.9 Å². The Hall–Kier alpha value is -9.40. The molecule has 0 spiro atoms. The summed E-state index contributed by atoms with van der Waals surface area (Å²) in [6.45, 7) is 2.24. The van der Waals surface area contributed by atoms with E-state index >= 15 is 0 Å². The van der Waals surface area contributed by atoms with Crippen molar-refractivity contribution in [1.29, 1.82) is 0 Å². The molecule has 8 aliphatic rings. The van der Waals surface area contributed by atoms with E-state index < -0.39 is 121 Å². The first kappa shape index (κ1) is 60.8. The molecule has 0 aliphatic carbocycles. The molecule has 8 amide bonds. The molecule has 8 aliphatic heterocycles. The van der Waals surface area contributed by atoms with Gasteiger partial charge in [0.05, 0.1) is 0 Å². The Morgan fingerprint density at radius 2 is 0.605 bits per heavy atom. The molecule has 0 saturated carbocycles. The van der Waals surface area contributed by atoms with Crippen LogP contribution in [0.1, 0.15) is 90.3 Å². The molecular weight excluding hydrogens is 1070 g/mol. The van der Waals surface area contributed by atoms with Gasteiger partial charge in [0.25, 0.3) is 69.5 Å². The third-order valence-electron chi connectivity index (χ3n) is 13.0. The van der Waals surface area contributed by atoms with E-state index in [4.69, 9.17) is 0 Å². The van der Waals surface area contributed by atoms with E-state index in [1.165, 1.54) is 0 Å². The molecule has 436 valence electrons. The van der Waals surface area contributed by atoms with Crippen molar-refractivity contribution in [1.82, 2.24) is 81.1 Å². The fraction of sp³-hybridized carbons (Fsp3) is 0.429. The summed E-state index contributed by atoms with van der Waals surface area (Å²) >= 11 is 0. The number of likely N-dealkylation sites (N-methyl/N-ethyl adjacent to an activating group) is 2. The van der Waals surface area contributed by atoms with Crippen LogP contribution < -0.4 is 64.8 Å². The van der Waals surface area contributed by atoms with Crippen molar-refractivity contribution in [3.63, 3.8) is 0 Å². The highest BCUT2D eigenvalue weighted by atomic mass is 16.5. The normalized spacial score (nSPS) is 18.7. The zero-order valence-electron chi connectivity index (χ0n) is 44.5. The van der Waals surface area contributed by atoms with E-state index in [2.05, 4.69) is 42.5 Å². The van der Waals surface area contributed by atoms with Gasteiger partial charge in [-0.25, -0.2) is 0 Å². The van der Waals surface area contributed by atoms with Gasteiger partial charge in [0.1, 0.15) is 45.0 Å². The summed E-state index contributed by atoms with van der Waals surface area (Å²) in [4.78, 5) is 165. The molecular formula is C49H64N16O16. The first-order valence-electron chi connectivity index (χ1n) is 25.5. The summed E-state index contributed by atoms with van der Waals surface area (Å²) in [5, 5.41) is 63.6. The predicted octanol–water partition coefficient (Wildman–Crippen LogP) is -5.90. The smallest absolute Gasteiger partial charge is 0.296 e. The maximum atomic E-state index is 13.6. The molecule has 1 atom stereocenters. The number of hydrogen-bond donors (Lipinski definition) is 12. The second-order valence-corrected chi connectivity index (χ2v) is 18.9.